The SMILES string of the molecule is C=C(C)CNCCOc1ccc([N+](=O)[O-])cc1. The Bertz CT molecular complexity index is 387. The fourth-order valence-electron chi connectivity index (χ4n) is 1.21. The molecule has 5 heteroatoms. The predicted octanol–water partition coefficient (Wildman–Crippen LogP) is 2.14. The number of hydrogen-bond donors (Lipinski definition) is 1. The van der Waals surface area contributed by atoms with Gasteiger partial charge in [0.05, 0.1) is 4.92 Å². The molecule has 0 bridgehead atoms. The van der Waals surface area contributed by atoms with Gasteiger partial charge in [0.2, 0.25) is 0 Å². The molecule has 1 N–H and O–H groups in total. The summed E-state index contributed by atoms with van der Waals surface area (Å²) in [5.41, 5.74) is 1.14. The minimum absolute atomic E-state index is 0.0674. The van der Waals surface area contributed by atoms with Crippen molar-refractivity contribution in [2.45, 2.75) is 6.92 Å². The molecule has 0 aliphatic carbocycles. The molecule has 0 amide bonds. The molecule has 0 saturated heterocycles. The predicted molar refractivity (Wildman–Crippen MR) is 66.3 cm³/mol. The van der Waals surface area contributed by atoms with Crippen LogP contribution in [0.5, 0.6) is 5.75 Å². The maximum absolute atomic E-state index is 10.4. The van der Waals surface area contributed by atoms with Gasteiger partial charge in [-0.05, 0) is 19.1 Å². The molecule has 92 valence electrons. The summed E-state index contributed by atoms with van der Waals surface area (Å²) in [5.74, 6) is 0.632. The first-order valence-corrected chi connectivity index (χ1v) is 5.32. The van der Waals surface area contributed by atoms with E-state index < -0.39 is 4.92 Å². The van der Waals surface area contributed by atoms with Crippen LogP contribution in [0, 0.1) is 10.1 Å². The van der Waals surface area contributed by atoms with Gasteiger partial charge in [-0.3, -0.25) is 10.1 Å². The molecular formula is C12H16N2O3. The van der Waals surface area contributed by atoms with E-state index in [0.717, 1.165) is 12.1 Å². The topological polar surface area (TPSA) is 64.4 Å². The van der Waals surface area contributed by atoms with Gasteiger partial charge in [-0.2, -0.15) is 0 Å². The standard InChI is InChI=1S/C12H16N2O3/c1-10(2)9-13-7-8-17-12-5-3-11(4-6-12)14(15)16/h3-6,13H,1,7-9H2,2H3. The molecule has 0 heterocycles. The first-order valence-electron chi connectivity index (χ1n) is 5.32. The summed E-state index contributed by atoms with van der Waals surface area (Å²) in [5, 5.41) is 13.6. The smallest absolute Gasteiger partial charge is 0.269 e. The zero-order valence-electron chi connectivity index (χ0n) is 9.81. The maximum atomic E-state index is 10.4. The average molecular weight is 236 g/mol. The van der Waals surface area contributed by atoms with Crippen LogP contribution in [0.15, 0.2) is 36.4 Å². The molecule has 5 nitrogen and oxygen atoms in total. The highest BCUT2D eigenvalue weighted by atomic mass is 16.6. The molecule has 0 aliphatic rings. The highest BCUT2D eigenvalue weighted by molar-refractivity contribution is 5.35. The van der Waals surface area contributed by atoms with Gasteiger partial charge in [0.1, 0.15) is 12.4 Å². The summed E-state index contributed by atoms with van der Waals surface area (Å²) >= 11 is 0. The minimum Gasteiger partial charge on any atom is -0.492 e. The first-order chi connectivity index (χ1) is 8.09. The Morgan fingerprint density at radius 1 is 1.47 bits per heavy atom. The largest absolute Gasteiger partial charge is 0.492 e. The summed E-state index contributed by atoms with van der Waals surface area (Å²) in [6.45, 7) is 7.72. The highest BCUT2D eigenvalue weighted by Crippen LogP contribution is 2.16. The van der Waals surface area contributed by atoms with E-state index in [1.54, 1.807) is 12.1 Å². The average Bonchev–Trinajstić information content (AvgIpc) is 2.29. The van der Waals surface area contributed by atoms with Crippen molar-refractivity contribution in [3.63, 3.8) is 0 Å². The minimum atomic E-state index is -0.432. The van der Waals surface area contributed by atoms with E-state index in [4.69, 9.17) is 4.74 Å². The van der Waals surface area contributed by atoms with Crippen molar-refractivity contribution in [2.75, 3.05) is 19.7 Å². The van der Waals surface area contributed by atoms with Gasteiger partial charge in [0.25, 0.3) is 5.69 Å². The monoisotopic (exact) mass is 236 g/mol. The summed E-state index contributed by atoms with van der Waals surface area (Å²) < 4.78 is 5.41. The van der Waals surface area contributed by atoms with Crippen LogP contribution in [0.2, 0.25) is 0 Å². The number of nitrogens with one attached hydrogen (secondary N) is 1. The molecule has 0 radical (unpaired) electrons. The Hall–Kier alpha value is -1.88. The first kappa shape index (κ1) is 13.2. The Balaban J connectivity index is 2.27. The summed E-state index contributed by atoms with van der Waals surface area (Å²) in [6.07, 6.45) is 0. The number of hydrogen-bond acceptors (Lipinski definition) is 4. The van der Waals surface area contributed by atoms with Crippen LogP contribution in [0.25, 0.3) is 0 Å². The van der Waals surface area contributed by atoms with E-state index in [1.807, 2.05) is 6.92 Å². The molecule has 0 atom stereocenters. The highest BCUT2D eigenvalue weighted by Gasteiger charge is 2.03. The Labute approximate surface area is 100 Å². The van der Waals surface area contributed by atoms with Gasteiger partial charge in [0.15, 0.2) is 0 Å². The number of nitro benzene ring substituents is 1. The fraction of sp³-hybridized carbons (Fsp3) is 0.333. The van der Waals surface area contributed by atoms with Crippen LogP contribution in [-0.4, -0.2) is 24.6 Å². The Morgan fingerprint density at radius 3 is 2.65 bits per heavy atom. The zero-order valence-corrected chi connectivity index (χ0v) is 9.81. The van der Waals surface area contributed by atoms with Crippen molar-refractivity contribution in [2.24, 2.45) is 0 Å². The lowest BCUT2D eigenvalue weighted by atomic mass is 10.3. The molecule has 0 aromatic heterocycles. The van der Waals surface area contributed by atoms with Crippen molar-refractivity contribution >= 4 is 5.69 Å². The van der Waals surface area contributed by atoms with Gasteiger partial charge in [-0.1, -0.05) is 12.2 Å². The molecule has 1 aromatic rings. The number of ether oxygens (including phenoxy) is 1. The van der Waals surface area contributed by atoms with E-state index in [1.165, 1.54) is 12.1 Å². The third-order valence-electron chi connectivity index (χ3n) is 2.02. The second kappa shape index (κ2) is 6.65. The fourth-order valence-corrected chi connectivity index (χ4v) is 1.21. The van der Waals surface area contributed by atoms with E-state index in [2.05, 4.69) is 11.9 Å². The lowest BCUT2D eigenvalue weighted by Gasteiger charge is -2.07. The van der Waals surface area contributed by atoms with Crippen LogP contribution in [0.4, 0.5) is 5.69 Å². The normalized spacial score (nSPS) is 9.94. The summed E-state index contributed by atoms with van der Waals surface area (Å²) in [7, 11) is 0. The van der Waals surface area contributed by atoms with Gasteiger partial charge in [-0.25, -0.2) is 0 Å². The Morgan fingerprint density at radius 2 is 2.12 bits per heavy atom. The van der Waals surface area contributed by atoms with E-state index >= 15 is 0 Å². The van der Waals surface area contributed by atoms with E-state index in [0.29, 0.717) is 18.9 Å². The molecule has 1 rings (SSSR count). The number of non-ortho nitro benzene ring substituents is 1. The van der Waals surface area contributed by atoms with Crippen LogP contribution in [-0.2, 0) is 0 Å². The van der Waals surface area contributed by atoms with Crippen molar-refractivity contribution < 1.29 is 9.66 Å². The van der Waals surface area contributed by atoms with Crippen LogP contribution in [0.3, 0.4) is 0 Å². The zero-order chi connectivity index (χ0) is 12.7. The summed E-state index contributed by atoms with van der Waals surface area (Å²) in [6, 6.07) is 6.04. The number of nitro groups is 1. The van der Waals surface area contributed by atoms with Gasteiger partial charge >= 0.3 is 0 Å². The van der Waals surface area contributed by atoms with Crippen LogP contribution >= 0.6 is 0 Å². The molecule has 0 saturated carbocycles. The quantitative estimate of drug-likeness (QED) is 0.341. The molecule has 17 heavy (non-hydrogen) atoms. The number of benzene rings is 1. The molecule has 0 unspecified atom stereocenters. The van der Waals surface area contributed by atoms with Crippen LogP contribution < -0.4 is 10.1 Å². The van der Waals surface area contributed by atoms with Crippen molar-refractivity contribution in [3.05, 3.63) is 46.5 Å². The van der Waals surface area contributed by atoms with Crippen molar-refractivity contribution in [1.82, 2.24) is 5.32 Å². The molecule has 0 fully saturated rings. The van der Waals surface area contributed by atoms with Gasteiger partial charge in [0, 0.05) is 25.2 Å². The third kappa shape index (κ3) is 5.12. The second-order valence-electron chi connectivity index (χ2n) is 3.73. The van der Waals surface area contributed by atoms with Crippen molar-refractivity contribution in [3.8, 4) is 5.75 Å². The lowest BCUT2D eigenvalue weighted by molar-refractivity contribution is -0.384. The maximum Gasteiger partial charge on any atom is 0.269 e. The lowest BCUT2D eigenvalue weighted by Crippen LogP contribution is -2.22. The number of rotatable bonds is 7. The number of nitrogens with zero attached hydrogens (tertiary/aromatic N) is 1. The van der Waals surface area contributed by atoms with Crippen molar-refractivity contribution in [1.29, 1.82) is 0 Å². The third-order valence-corrected chi connectivity index (χ3v) is 2.02. The van der Waals surface area contributed by atoms with E-state index in [9.17, 15) is 10.1 Å². The second-order valence-corrected chi connectivity index (χ2v) is 3.73. The Kier molecular flexibility index (Phi) is 5.16. The van der Waals surface area contributed by atoms with E-state index in [-0.39, 0.29) is 5.69 Å². The molecule has 0 spiro atoms. The summed E-state index contributed by atoms with van der Waals surface area (Å²) in [4.78, 5) is 9.99. The van der Waals surface area contributed by atoms with Gasteiger partial charge < -0.3 is 10.1 Å². The van der Waals surface area contributed by atoms with Crippen LogP contribution in [0.1, 0.15) is 6.92 Å². The molecular weight excluding hydrogens is 220 g/mol. The van der Waals surface area contributed by atoms with Gasteiger partial charge in [-0.15, -0.1) is 0 Å². The molecule has 1 aromatic carbocycles. The molecule has 0 aliphatic heterocycles.